The Bertz CT molecular complexity index is 552. The van der Waals surface area contributed by atoms with Crippen molar-refractivity contribution >= 4 is 11.9 Å². The smallest absolute Gasteiger partial charge is 0.338 e. The molecule has 2 rings (SSSR count). The lowest BCUT2D eigenvalue weighted by atomic mass is 9.96. The highest BCUT2D eigenvalue weighted by atomic mass is 16.5. The molecule has 0 amide bonds. The molecule has 1 aliphatic rings. The number of nitrogens with two attached hydrogens (primary N) is 1. The lowest BCUT2D eigenvalue weighted by Crippen LogP contribution is -2.44. The molecule has 0 unspecified atom stereocenters. The van der Waals surface area contributed by atoms with E-state index in [0.29, 0.717) is 23.8 Å². The molecular weight excluding hydrogens is 256 g/mol. The van der Waals surface area contributed by atoms with E-state index in [-0.39, 0.29) is 5.97 Å². The predicted molar refractivity (Wildman–Crippen MR) is 76.4 cm³/mol. The van der Waals surface area contributed by atoms with Gasteiger partial charge < -0.3 is 10.1 Å². The molecule has 106 valence electrons. The van der Waals surface area contributed by atoms with Gasteiger partial charge >= 0.3 is 5.97 Å². The van der Waals surface area contributed by atoms with Crippen LogP contribution < -0.4 is 16.6 Å². The second-order valence-electron chi connectivity index (χ2n) is 4.32. The molecule has 6 heteroatoms. The summed E-state index contributed by atoms with van der Waals surface area (Å²) in [6.07, 6.45) is 0. The molecule has 0 fully saturated rings. The number of allylic oxidation sites excluding steroid dienone is 1. The van der Waals surface area contributed by atoms with Crippen molar-refractivity contribution in [3.05, 3.63) is 47.2 Å². The molecule has 0 aromatic heterocycles. The van der Waals surface area contributed by atoms with Gasteiger partial charge in [0.25, 0.3) is 0 Å². The largest absolute Gasteiger partial charge is 0.463 e. The summed E-state index contributed by atoms with van der Waals surface area (Å²) in [5, 5.41) is 2.95. The number of hydrogen-bond acceptors (Lipinski definition) is 6. The van der Waals surface area contributed by atoms with Crippen LogP contribution in [0.4, 0.5) is 0 Å². The Morgan fingerprint density at radius 2 is 2.15 bits per heavy atom. The van der Waals surface area contributed by atoms with Crippen molar-refractivity contribution < 1.29 is 9.53 Å². The number of hydrogen-bond donors (Lipinski definition) is 3. The molecule has 1 atom stereocenters. The standard InChI is InChI=1S/C14H18N4O2/c1-3-20-13(19)11-9(2)16-14(18-15)17-12(11)10-7-5-4-6-8-10/h4-8,12H,3,15H2,1-2H3,(H2,16,17,18)/t12-/m1/s1. The van der Waals surface area contributed by atoms with Gasteiger partial charge in [0.05, 0.1) is 12.2 Å². The van der Waals surface area contributed by atoms with E-state index in [1.807, 2.05) is 30.3 Å². The number of nitrogens with zero attached hydrogens (tertiary/aromatic N) is 1. The van der Waals surface area contributed by atoms with Crippen LogP contribution in [-0.4, -0.2) is 18.5 Å². The van der Waals surface area contributed by atoms with Gasteiger partial charge in [-0.15, -0.1) is 0 Å². The average Bonchev–Trinajstić information content (AvgIpc) is 2.47. The van der Waals surface area contributed by atoms with E-state index < -0.39 is 6.04 Å². The predicted octanol–water partition coefficient (Wildman–Crippen LogP) is 0.987. The van der Waals surface area contributed by atoms with Gasteiger partial charge in [-0.05, 0) is 19.4 Å². The molecular formula is C14H18N4O2. The van der Waals surface area contributed by atoms with Crippen molar-refractivity contribution in [1.82, 2.24) is 10.7 Å². The lowest BCUT2D eigenvalue weighted by molar-refractivity contribution is -0.138. The molecule has 0 spiro atoms. The summed E-state index contributed by atoms with van der Waals surface area (Å²) in [6.45, 7) is 3.90. The summed E-state index contributed by atoms with van der Waals surface area (Å²) in [5.41, 5.74) is 4.56. The molecule has 0 saturated carbocycles. The van der Waals surface area contributed by atoms with Crippen LogP contribution in [0.2, 0.25) is 0 Å². The maximum absolute atomic E-state index is 12.1. The highest BCUT2D eigenvalue weighted by Gasteiger charge is 2.29. The summed E-state index contributed by atoms with van der Waals surface area (Å²) in [7, 11) is 0. The fourth-order valence-electron chi connectivity index (χ4n) is 2.10. The Labute approximate surface area is 117 Å². The topological polar surface area (TPSA) is 88.7 Å². The van der Waals surface area contributed by atoms with Gasteiger partial charge in [-0.1, -0.05) is 30.3 Å². The number of aliphatic imine (C=N–C) groups is 1. The summed E-state index contributed by atoms with van der Waals surface area (Å²) >= 11 is 0. The number of carbonyl (C=O) groups excluding carboxylic acids is 1. The van der Waals surface area contributed by atoms with Gasteiger partial charge in [-0.25, -0.2) is 15.6 Å². The van der Waals surface area contributed by atoms with Gasteiger partial charge in [0.15, 0.2) is 0 Å². The van der Waals surface area contributed by atoms with E-state index in [1.165, 1.54) is 0 Å². The van der Waals surface area contributed by atoms with Crippen LogP contribution in [0.3, 0.4) is 0 Å². The minimum atomic E-state index is -0.428. The number of benzene rings is 1. The van der Waals surface area contributed by atoms with Crippen molar-refractivity contribution in [3.8, 4) is 0 Å². The number of hydrazine groups is 1. The second kappa shape index (κ2) is 6.21. The Morgan fingerprint density at radius 3 is 2.75 bits per heavy atom. The van der Waals surface area contributed by atoms with Gasteiger partial charge in [0.2, 0.25) is 5.96 Å². The zero-order valence-electron chi connectivity index (χ0n) is 11.5. The van der Waals surface area contributed by atoms with E-state index >= 15 is 0 Å². The van der Waals surface area contributed by atoms with Crippen molar-refractivity contribution in [3.63, 3.8) is 0 Å². The van der Waals surface area contributed by atoms with E-state index in [1.54, 1.807) is 13.8 Å². The van der Waals surface area contributed by atoms with Crippen LogP contribution in [0.1, 0.15) is 25.5 Å². The summed E-state index contributed by atoms with van der Waals surface area (Å²) < 4.78 is 5.11. The molecule has 1 aromatic rings. The van der Waals surface area contributed by atoms with Gasteiger partial charge in [-0.3, -0.25) is 5.43 Å². The summed E-state index contributed by atoms with van der Waals surface area (Å²) in [5.74, 6) is 5.46. The maximum atomic E-state index is 12.1. The van der Waals surface area contributed by atoms with Gasteiger partial charge in [-0.2, -0.15) is 0 Å². The van der Waals surface area contributed by atoms with Crippen LogP contribution in [0.15, 0.2) is 46.6 Å². The molecule has 0 saturated heterocycles. The Hall–Kier alpha value is -2.34. The first-order valence-corrected chi connectivity index (χ1v) is 6.41. The van der Waals surface area contributed by atoms with Gasteiger partial charge in [0.1, 0.15) is 6.04 Å². The number of carbonyl (C=O) groups is 1. The number of ether oxygens (including phenoxy) is 1. The number of rotatable bonds is 3. The van der Waals surface area contributed by atoms with Crippen LogP contribution in [0, 0.1) is 0 Å². The molecule has 4 N–H and O–H groups in total. The second-order valence-corrected chi connectivity index (χ2v) is 4.32. The average molecular weight is 274 g/mol. The molecule has 1 aliphatic heterocycles. The third-order valence-electron chi connectivity index (χ3n) is 2.99. The van der Waals surface area contributed by atoms with E-state index in [2.05, 4.69) is 15.7 Å². The van der Waals surface area contributed by atoms with Crippen LogP contribution in [0.25, 0.3) is 0 Å². The van der Waals surface area contributed by atoms with Crippen LogP contribution in [-0.2, 0) is 9.53 Å². The van der Waals surface area contributed by atoms with E-state index in [4.69, 9.17) is 10.6 Å². The number of guanidine groups is 1. The molecule has 1 aromatic carbocycles. The Kier molecular flexibility index (Phi) is 4.37. The summed E-state index contributed by atoms with van der Waals surface area (Å²) in [6, 6.07) is 9.13. The van der Waals surface area contributed by atoms with Crippen molar-refractivity contribution in [1.29, 1.82) is 0 Å². The Morgan fingerprint density at radius 1 is 1.45 bits per heavy atom. The number of nitrogens with one attached hydrogen (secondary N) is 2. The van der Waals surface area contributed by atoms with E-state index in [9.17, 15) is 4.79 Å². The maximum Gasteiger partial charge on any atom is 0.338 e. The first-order valence-electron chi connectivity index (χ1n) is 6.41. The fraction of sp³-hybridized carbons (Fsp3) is 0.286. The minimum Gasteiger partial charge on any atom is -0.463 e. The van der Waals surface area contributed by atoms with Crippen molar-refractivity contribution in [2.75, 3.05) is 6.61 Å². The zero-order chi connectivity index (χ0) is 14.5. The van der Waals surface area contributed by atoms with Gasteiger partial charge in [0, 0.05) is 5.70 Å². The zero-order valence-corrected chi connectivity index (χ0v) is 11.5. The highest BCUT2D eigenvalue weighted by molar-refractivity contribution is 5.95. The first-order chi connectivity index (χ1) is 9.67. The normalized spacial score (nSPS) is 18.1. The highest BCUT2D eigenvalue weighted by Crippen LogP contribution is 2.30. The Balaban J connectivity index is 2.43. The van der Waals surface area contributed by atoms with E-state index in [0.717, 1.165) is 5.56 Å². The molecule has 0 aliphatic carbocycles. The van der Waals surface area contributed by atoms with Crippen LogP contribution in [0.5, 0.6) is 0 Å². The summed E-state index contributed by atoms with van der Waals surface area (Å²) in [4.78, 5) is 16.6. The van der Waals surface area contributed by atoms with Crippen molar-refractivity contribution in [2.24, 2.45) is 10.8 Å². The van der Waals surface area contributed by atoms with Crippen LogP contribution >= 0.6 is 0 Å². The third-order valence-corrected chi connectivity index (χ3v) is 2.99. The molecule has 20 heavy (non-hydrogen) atoms. The fourth-order valence-corrected chi connectivity index (χ4v) is 2.10. The minimum absolute atomic E-state index is 0.322. The third kappa shape index (κ3) is 2.80. The molecule has 0 radical (unpaired) electrons. The molecule has 0 bridgehead atoms. The monoisotopic (exact) mass is 274 g/mol. The first kappa shape index (κ1) is 14.1. The number of esters is 1. The molecule has 6 nitrogen and oxygen atoms in total. The van der Waals surface area contributed by atoms with Crippen molar-refractivity contribution in [2.45, 2.75) is 19.9 Å². The SMILES string of the molecule is CCOC(=O)C1=C(C)NC(NN)=N[C@@H]1c1ccccc1. The lowest BCUT2D eigenvalue weighted by Gasteiger charge is -2.25. The molecule has 1 heterocycles. The quantitative estimate of drug-likeness (QED) is 0.434.